The van der Waals surface area contributed by atoms with Crippen molar-refractivity contribution in [3.05, 3.63) is 120 Å². The van der Waals surface area contributed by atoms with Crippen LogP contribution in [-0.2, 0) is 16.2 Å². The Morgan fingerprint density at radius 3 is 1.03 bits per heavy atom. The molecule has 0 bridgehead atoms. The molecule has 0 radical (unpaired) electrons. The van der Waals surface area contributed by atoms with Crippen molar-refractivity contribution < 1.29 is 0 Å². The van der Waals surface area contributed by atoms with E-state index >= 15 is 0 Å². The summed E-state index contributed by atoms with van der Waals surface area (Å²) in [6, 6.07) is 38.5. The van der Waals surface area contributed by atoms with E-state index in [4.69, 9.17) is 0 Å². The minimum Gasteiger partial charge on any atom is -0.195 e. The Balaban J connectivity index is 2.33. The highest BCUT2D eigenvalue weighted by Gasteiger charge is 2.39. The van der Waals surface area contributed by atoms with Gasteiger partial charge in [-0.1, -0.05) is 171 Å². The third kappa shape index (κ3) is 4.94. The summed E-state index contributed by atoms with van der Waals surface area (Å²) in [6.45, 7) is 21.4. The summed E-state index contributed by atoms with van der Waals surface area (Å²) in [4.78, 5) is 0. The number of hydrogen-bond acceptors (Lipinski definition) is 0. The Morgan fingerprint density at radius 1 is 0.378 bits per heavy atom. The molecule has 4 aromatic rings. The predicted octanol–water partition coefficient (Wildman–Crippen LogP) is 6.96. The molecule has 0 aliphatic carbocycles. The van der Waals surface area contributed by atoms with Crippen LogP contribution in [0.3, 0.4) is 0 Å². The highest BCUT2D eigenvalue weighted by molar-refractivity contribution is 7.20. The lowest BCUT2D eigenvalue weighted by atomic mass is 9.12. The van der Waals surface area contributed by atoms with E-state index in [1.54, 1.807) is 0 Å². The Hall–Kier alpha value is -3.06. The summed E-state index contributed by atoms with van der Waals surface area (Å²) in [7, 11) is 0. The van der Waals surface area contributed by atoms with E-state index in [-0.39, 0.29) is 16.2 Å². The van der Waals surface area contributed by atoms with E-state index < -0.39 is 6.15 Å². The fourth-order valence-electron chi connectivity index (χ4n) is 6.53. The molecule has 1 heteroatoms. The van der Waals surface area contributed by atoms with Crippen LogP contribution in [0.2, 0.25) is 0 Å². The second kappa shape index (κ2) is 9.68. The first-order valence-electron chi connectivity index (χ1n) is 13.8. The molecule has 0 unspecified atom stereocenters. The van der Waals surface area contributed by atoms with Gasteiger partial charge in [-0.15, -0.1) is 0 Å². The van der Waals surface area contributed by atoms with Gasteiger partial charge < -0.3 is 0 Å². The molecule has 0 saturated heterocycles. The van der Waals surface area contributed by atoms with Crippen molar-refractivity contribution in [2.24, 2.45) is 0 Å². The number of hydrogen-bond donors (Lipinski definition) is 0. The smallest absolute Gasteiger partial charge is 0.108 e. The molecular formula is C36H44B-. The van der Waals surface area contributed by atoms with E-state index in [1.165, 1.54) is 38.5 Å². The van der Waals surface area contributed by atoms with Gasteiger partial charge in [0.2, 0.25) is 0 Å². The Kier molecular flexibility index (Phi) is 7.06. The maximum absolute atomic E-state index is 2.48. The first-order chi connectivity index (χ1) is 17.3. The zero-order valence-electron chi connectivity index (χ0n) is 24.4. The largest absolute Gasteiger partial charge is 0.195 e. The van der Waals surface area contributed by atoms with Gasteiger partial charge in [0.25, 0.3) is 0 Å². The first-order valence-corrected chi connectivity index (χ1v) is 13.8. The third-order valence-electron chi connectivity index (χ3n) is 7.91. The molecule has 0 amide bonds. The molecule has 37 heavy (non-hydrogen) atoms. The van der Waals surface area contributed by atoms with Crippen LogP contribution in [-0.4, -0.2) is 6.15 Å². The monoisotopic (exact) mass is 487 g/mol. The molecule has 4 aromatic carbocycles. The van der Waals surface area contributed by atoms with Crippen LogP contribution in [0.4, 0.5) is 0 Å². The normalized spacial score (nSPS) is 13.0. The minimum absolute atomic E-state index is 0.00683. The number of rotatable bonds is 4. The van der Waals surface area contributed by atoms with E-state index in [0.717, 1.165) is 0 Å². The summed E-state index contributed by atoms with van der Waals surface area (Å²) in [5, 5.41) is 0. The van der Waals surface area contributed by atoms with Crippen LogP contribution >= 0.6 is 0 Å². The van der Waals surface area contributed by atoms with Gasteiger partial charge >= 0.3 is 0 Å². The van der Waals surface area contributed by atoms with Crippen LogP contribution < -0.4 is 21.9 Å². The van der Waals surface area contributed by atoms with Gasteiger partial charge in [-0.05, 0) is 27.4 Å². The van der Waals surface area contributed by atoms with Crippen molar-refractivity contribution in [2.45, 2.75) is 78.6 Å². The molecule has 4 rings (SSSR count). The summed E-state index contributed by atoms with van der Waals surface area (Å²) < 4.78 is 0. The van der Waals surface area contributed by atoms with Gasteiger partial charge in [0, 0.05) is 0 Å². The molecule has 0 saturated carbocycles. The second-order valence-electron chi connectivity index (χ2n) is 13.8. The molecular weight excluding hydrogens is 443 g/mol. The highest BCUT2D eigenvalue weighted by Crippen LogP contribution is 2.40. The lowest BCUT2D eigenvalue weighted by Gasteiger charge is -2.49. The molecule has 0 aliphatic rings. The van der Waals surface area contributed by atoms with Crippen molar-refractivity contribution >= 4 is 28.0 Å². The fourth-order valence-corrected chi connectivity index (χ4v) is 6.53. The van der Waals surface area contributed by atoms with Gasteiger partial charge in [0.05, 0.1) is 0 Å². The summed E-state index contributed by atoms with van der Waals surface area (Å²) in [5.41, 5.74) is 9.93. The average Bonchev–Trinajstić information content (AvgIpc) is 2.84. The van der Waals surface area contributed by atoms with E-state index in [1.807, 2.05) is 0 Å². The fraction of sp³-hybridized carbons (Fsp3) is 0.333. The Labute approximate surface area is 226 Å². The molecule has 0 atom stereocenters. The van der Waals surface area contributed by atoms with E-state index in [2.05, 4.69) is 165 Å². The maximum atomic E-state index is 2.48. The molecule has 0 fully saturated rings. The van der Waals surface area contributed by atoms with Gasteiger partial charge in [-0.2, -0.15) is 21.9 Å². The minimum atomic E-state index is -1.44. The van der Waals surface area contributed by atoms with Gasteiger partial charge in [-0.25, -0.2) is 0 Å². The molecule has 0 N–H and O–H groups in total. The quantitative estimate of drug-likeness (QED) is 0.273. The first kappa shape index (κ1) is 27.0. The van der Waals surface area contributed by atoms with Crippen LogP contribution in [0.1, 0.15) is 79.0 Å². The maximum Gasteiger partial charge on any atom is 0.108 e. The second-order valence-corrected chi connectivity index (χ2v) is 13.8. The predicted molar refractivity (Wildman–Crippen MR) is 166 cm³/mol. The SMILES string of the molecule is CC(C)(C)c1ccc([B-](c2ccccc2)(c2ccccc2)c2ccccc2)c(C(C)(C)C)c1C(C)(C)C. The van der Waals surface area contributed by atoms with Crippen LogP contribution in [0, 0.1) is 0 Å². The summed E-state index contributed by atoms with van der Waals surface area (Å²) in [6.07, 6.45) is -1.44. The van der Waals surface area contributed by atoms with E-state index in [0.29, 0.717) is 0 Å². The van der Waals surface area contributed by atoms with Gasteiger partial charge in [-0.3, -0.25) is 0 Å². The average molecular weight is 488 g/mol. The van der Waals surface area contributed by atoms with Crippen molar-refractivity contribution in [1.82, 2.24) is 0 Å². The Bertz CT molecular complexity index is 1230. The Morgan fingerprint density at radius 2 is 0.730 bits per heavy atom. The van der Waals surface area contributed by atoms with Crippen LogP contribution in [0.15, 0.2) is 103 Å². The van der Waals surface area contributed by atoms with Crippen LogP contribution in [0.5, 0.6) is 0 Å². The summed E-state index contributed by atoms with van der Waals surface area (Å²) in [5.74, 6) is 0. The topological polar surface area (TPSA) is 0 Å². The lowest BCUT2D eigenvalue weighted by molar-refractivity contribution is 0.500. The highest BCUT2D eigenvalue weighted by atomic mass is 14.4. The van der Waals surface area contributed by atoms with Crippen molar-refractivity contribution in [2.75, 3.05) is 0 Å². The van der Waals surface area contributed by atoms with Crippen LogP contribution in [0.25, 0.3) is 0 Å². The lowest BCUT2D eigenvalue weighted by Crippen LogP contribution is -2.76. The number of benzene rings is 4. The zero-order valence-corrected chi connectivity index (χ0v) is 24.4. The third-order valence-corrected chi connectivity index (χ3v) is 7.91. The van der Waals surface area contributed by atoms with Gasteiger partial charge in [0.15, 0.2) is 0 Å². The van der Waals surface area contributed by atoms with Crippen molar-refractivity contribution in [1.29, 1.82) is 0 Å². The molecule has 0 spiro atoms. The molecule has 0 aromatic heterocycles. The molecule has 0 aliphatic heterocycles. The van der Waals surface area contributed by atoms with Crippen molar-refractivity contribution in [3.8, 4) is 0 Å². The van der Waals surface area contributed by atoms with Gasteiger partial charge in [0.1, 0.15) is 6.15 Å². The molecule has 192 valence electrons. The van der Waals surface area contributed by atoms with E-state index in [9.17, 15) is 0 Å². The summed E-state index contributed by atoms with van der Waals surface area (Å²) >= 11 is 0. The van der Waals surface area contributed by atoms with Crippen molar-refractivity contribution in [3.63, 3.8) is 0 Å². The standard InChI is InChI=1S/C36H44B/c1-34(2,3)30-25-26-31(33(36(7,8)9)32(30)35(4,5)6)37(27-19-13-10-14-20-27,28-21-15-11-16-22-28)29-23-17-12-18-24-29/h10-26H,1-9H3/q-1. The molecule has 0 nitrogen and oxygen atoms in total. The zero-order chi connectivity index (χ0) is 27.1. The molecule has 0 heterocycles.